The van der Waals surface area contributed by atoms with Crippen molar-refractivity contribution in [1.29, 1.82) is 0 Å². The van der Waals surface area contributed by atoms with Crippen molar-refractivity contribution >= 4 is 27.3 Å². The highest BCUT2D eigenvalue weighted by molar-refractivity contribution is 7.89. The quantitative estimate of drug-likeness (QED) is 0.863. The number of halogens is 1. The first-order valence-corrected chi connectivity index (χ1v) is 7.85. The molecule has 1 aliphatic rings. The van der Waals surface area contributed by atoms with Crippen molar-refractivity contribution in [3.05, 3.63) is 23.2 Å². The molecule has 7 heteroatoms. The summed E-state index contributed by atoms with van der Waals surface area (Å²) >= 11 is 5.79. The minimum atomic E-state index is -3.55. The first-order valence-electron chi connectivity index (χ1n) is 6.03. The zero-order valence-electron chi connectivity index (χ0n) is 10.7. The van der Waals surface area contributed by atoms with Gasteiger partial charge in [0.15, 0.2) is 0 Å². The summed E-state index contributed by atoms with van der Waals surface area (Å²) in [6.45, 7) is 0.895. The van der Waals surface area contributed by atoms with Crippen LogP contribution in [-0.4, -0.2) is 39.0 Å². The number of nitrogens with zero attached hydrogens (tertiary/aromatic N) is 1. The molecule has 0 aliphatic carbocycles. The lowest BCUT2D eigenvalue weighted by Crippen LogP contribution is -2.40. The molecule has 1 aromatic rings. The van der Waals surface area contributed by atoms with Crippen molar-refractivity contribution in [1.82, 2.24) is 4.31 Å². The number of piperidine rings is 1. The van der Waals surface area contributed by atoms with Crippen molar-refractivity contribution in [3.63, 3.8) is 0 Å². The van der Waals surface area contributed by atoms with Crippen LogP contribution < -0.4 is 5.73 Å². The monoisotopic (exact) mass is 304 g/mol. The number of hydrogen-bond acceptors (Lipinski definition) is 4. The topological polar surface area (TPSA) is 72.6 Å². The second-order valence-corrected chi connectivity index (χ2v) is 6.86. The largest absolute Gasteiger partial charge is 0.398 e. The number of methoxy groups -OCH3 is 1. The first kappa shape index (κ1) is 14.6. The fraction of sp³-hybridized carbons (Fsp3) is 0.500. The van der Waals surface area contributed by atoms with Crippen LogP contribution in [0.2, 0.25) is 5.02 Å². The minimum absolute atomic E-state index is 0.118. The van der Waals surface area contributed by atoms with Crippen LogP contribution in [0.5, 0.6) is 0 Å². The van der Waals surface area contributed by atoms with E-state index < -0.39 is 10.0 Å². The van der Waals surface area contributed by atoms with E-state index >= 15 is 0 Å². The molecule has 0 saturated carbocycles. The predicted molar refractivity (Wildman–Crippen MR) is 74.7 cm³/mol. The Bertz CT molecular complexity index is 554. The van der Waals surface area contributed by atoms with E-state index in [1.54, 1.807) is 7.11 Å². The number of nitrogens with two attached hydrogens (primary N) is 1. The van der Waals surface area contributed by atoms with Crippen molar-refractivity contribution in [2.45, 2.75) is 23.8 Å². The summed E-state index contributed by atoms with van der Waals surface area (Å²) in [5.41, 5.74) is 5.93. The fourth-order valence-electron chi connectivity index (χ4n) is 2.20. The third kappa shape index (κ3) is 3.02. The van der Waals surface area contributed by atoms with Crippen LogP contribution >= 0.6 is 11.6 Å². The van der Waals surface area contributed by atoms with Crippen LogP contribution in [0, 0.1) is 0 Å². The molecule has 0 amide bonds. The van der Waals surface area contributed by atoms with E-state index in [2.05, 4.69) is 0 Å². The van der Waals surface area contributed by atoms with Gasteiger partial charge in [0.2, 0.25) is 10.0 Å². The summed E-state index contributed by atoms with van der Waals surface area (Å²) in [6, 6.07) is 4.44. The third-order valence-corrected chi connectivity index (χ3v) is 5.53. The van der Waals surface area contributed by atoms with E-state index in [0.717, 1.165) is 0 Å². The van der Waals surface area contributed by atoms with E-state index in [9.17, 15) is 8.42 Å². The Morgan fingerprint density at radius 3 is 2.53 bits per heavy atom. The third-order valence-electron chi connectivity index (χ3n) is 3.32. The number of anilines is 1. The Kier molecular flexibility index (Phi) is 4.35. The molecule has 0 spiro atoms. The van der Waals surface area contributed by atoms with E-state index in [-0.39, 0.29) is 16.7 Å². The number of ether oxygens (including phenoxy) is 1. The van der Waals surface area contributed by atoms with Gasteiger partial charge in [0.05, 0.1) is 11.8 Å². The molecule has 0 unspecified atom stereocenters. The lowest BCUT2D eigenvalue weighted by Gasteiger charge is -2.30. The second-order valence-electron chi connectivity index (χ2n) is 4.52. The standard InChI is InChI=1S/C12H17ClN2O3S/c1-18-10-4-6-15(7-5-10)19(16,17)12-3-2-9(13)8-11(12)14/h2-3,8,10H,4-7,14H2,1H3. The summed E-state index contributed by atoms with van der Waals surface area (Å²) in [4.78, 5) is 0.118. The Hall–Kier alpha value is -0.820. The number of hydrogen-bond donors (Lipinski definition) is 1. The Balaban J connectivity index is 2.23. The van der Waals surface area contributed by atoms with Crippen LogP contribution in [0.1, 0.15) is 12.8 Å². The van der Waals surface area contributed by atoms with Gasteiger partial charge in [-0.15, -0.1) is 0 Å². The molecule has 5 nitrogen and oxygen atoms in total. The average Bonchev–Trinajstić information content (AvgIpc) is 2.38. The lowest BCUT2D eigenvalue weighted by molar-refractivity contribution is 0.0604. The summed E-state index contributed by atoms with van der Waals surface area (Å²) in [6.07, 6.45) is 1.53. The molecule has 1 aliphatic heterocycles. The summed E-state index contributed by atoms with van der Waals surface area (Å²) < 4.78 is 31.6. The Morgan fingerprint density at radius 2 is 2.00 bits per heavy atom. The van der Waals surface area contributed by atoms with Crippen molar-refractivity contribution in [2.75, 3.05) is 25.9 Å². The summed E-state index contributed by atoms with van der Waals surface area (Å²) in [5.74, 6) is 0. The van der Waals surface area contributed by atoms with E-state index in [4.69, 9.17) is 22.1 Å². The molecule has 2 rings (SSSR count). The van der Waals surface area contributed by atoms with Gasteiger partial charge in [0.1, 0.15) is 4.90 Å². The van der Waals surface area contributed by atoms with Crippen molar-refractivity contribution in [2.24, 2.45) is 0 Å². The van der Waals surface area contributed by atoms with E-state index in [1.807, 2.05) is 0 Å². The van der Waals surface area contributed by atoms with Crippen LogP contribution in [0.25, 0.3) is 0 Å². The molecule has 1 aromatic carbocycles. The minimum Gasteiger partial charge on any atom is -0.398 e. The number of nitrogen functional groups attached to an aromatic ring is 1. The molecular weight excluding hydrogens is 288 g/mol. The highest BCUT2D eigenvalue weighted by Crippen LogP contribution is 2.27. The summed E-state index contributed by atoms with van der Waals surface area (Å²) in [7, 11) is -1.90. The van der Waals surface area contributed by atoms with E-state index in [0.29, 0.717) is 31.0 Å². The SMILES string of the molecule is COC1CCN(S(=O)(=O)c2ccc(Cl)cc2N)CC1. The van der Waals surface area contributed by atoms with Gasteiger partial charge >= 0.3 is 0 Å². The Morgan fingerprint density at radius 1 is 1.37 bits per heavy atom. The molecule has 0 aromatic heterocycles. The van der Waals surface area contributed by atoms with Gasteiger partial charge in [-0.25, -0.2) is 8.42 Å². The van der Waals surface area contributed by atoms with Gasteiger partial charge in [0.25, 0.3) is 0 Å². The molecule has 106 valence electrons. The molecule has 1 fully saturated rings. The molecular formula is C12H17ClN2O3S. The van der Waals surface area contributed by atoms with Gasteiger partial charge in [-0.05, 0) is 31.0 Å². The zero-order chi connectivity index (χ0) is 14.0. The maximum atomic E-state index is 12.5. The fourth-order valence-corrected chi connectivity index (χ4v) is 3.95. The predicted octanol–water partition coefficient (Wildman–Crippen LogP) is 1.72. The number of sulfonamides is 1. The average molecular weight is 305 g/mol. The smallest absolute Gasteiger partial charge is 0.245 e. The molecule has 0 atom stereocenters. The molecule has 0 radical (unpaired) electrons. The van der Waals surface area contributed by atoms with Crippen molar-refractivity contribution < 1.29 is 13.2 Å². The molecule has 1 heterocycles. The molecule has 0 bridgehead atoms. The highest BCUT2D eigenvalue weighted by atomic mass is 35.5. The van der Waals surface area contributed by atoms with Gasteiger partial charge in [0, 0.05) is 25.2 Å². The summed E-state index contributed by atoms with van der Waals surface area (Å²) in [5, 5.41) is 0.426. The maximum absolute atomic E-state index is 12.5. The van der Waals surface area contributed by atoms with Gasteiger partial charge in [-0.2, -0.15) is 4.31 Å². The number of rotatable bonds is 3. The van der Waals surface area contributed by atoms with Crippen LogP contribution in [-0.2, 0) is 14.8 Å². The first-order chi connectivity index (χ1) is 8.95. The molecule has 2 N–H and O–H groups in total. The highest BCUT2D eigenvalue weighted by Gasteiger charge is 2.30. The van der Waals surface area contributed by atoms with Gasteiger partial charge < -0.3 is 10.5 Å². The normalized spacial score (nSPS) is 18.6. The lowest BCUT2D eigenvalue weighted by atomic mass is 10.1. The Labute approximate surface area is 118 Å². The second kappa shape index (κ2) is 5.66. The molecule has 19 heavy (non-hydrogen) atoms. The van der Waals surface area contributed by atoms with Gasteiger partial charge in [-0.3, -0.25) is 0 Å². The van der Waals surface area contributed by atoms with E-state index in [1.165, 1.54) is 22.5 Å². The zero-order valence-corrected chi connectivity index (χ0v) is 12.2. The van der Waals surface area contributed by atoms with Crippen molar-refractivity contribution in [3.8, 4) is 0 Å². The van der Waals surface area contributed by atoms with Crippen LogP contribution in [0.4, 0.5) is 5.69 Å². The van der Waals surface area contributed by atoms with Crippen LogP contribution in [0.15, 0.2) is 23.1 Å². The maximum Gasteiger partial charge on any atom is 0.245 e. The molecule has 1 saturated heterocycles. The van der Waals surface area contributed by atoms with Crippen LogP contribution in [0.3, 0.4) is 0 Å². The van der Waals surface area contributed by atoms with Gasteiger partial charge in [-0.1, -0.05) is 11.6 Å². The number of benzene rings is 1.